The minimum atomic E-state index is -1.01. The Kier molecular flexibility index (Phi) is 3.55. The van der Waals surface area contributed by atoms with Gasteiger partial charge in [-0.1, -0.05) is 36.4 Å². The number of amides is 2. The Morgan fingerprint density at radius 1 is 0.909 bits per heavy atom. The van der Waals surface area contributed by atoms with E-state index in [2.05, 4.69) is 0 Å². The van der Waals surface area contributed by atoms with Crippen molar-refractivity contribution >= 4 is 23.4 Å². The topological polar surface area (TPSA) is 60.9 Å². The van der Waals surface area contributed by atoms with Crippen molar-refractivity contribution in [3.63, 3.8) is 0 Å². The van der Waals surface area contributed by atoms with Crippen LogP contribution >= 0.6 is 0 Å². The Hall–Kier alpha value is -2.82. The van der Waals surface area contributed by atoms with Crippen molar-refractivity contribution < 1.29 is 14.7 Å². The molecule has 1 fully saturated rings. The lowest BCUT2D eigenvalue weighted by Crippen LogP contribution is -2.42. The van der Waals surface area contributed by atoms with Gasteiger partial charge in [0, 0.05) is 11.4 Å². The first-order valence-electron chi connectivity index (χ1n) is 7.06. The first kappa shape index (κ1) is 14.1. The fourth-order valence-corrected chi connectivity index (χ4v) is 2.88. The van der Waals surface area contributed by atoms with Crippen LogP contribution in [0.25, 0.3) is 0 Å². The Morgan fingerprint density at radius 2 is 1.36 bits per heavy atom. The summed E-state index contributed by atoms with van der Waals surface area (Å²) in [6, 6.07) is 16.3. The Morgan fingerprint density at radius 3 is 1.82 bits per heavy atom. The smallest absolute Gasteiger partial charge is 0.330 e. The van der Waals surface area contributed by atoms with Crippen molar-refractivity contribution in [3.05, 3.63) is 60.7 Å². The third kappa shape index (κ3) is 2.20. The van der Waals surface area contributed by atoms with Crippen molar-refractivity contribution in [2.24, 2.45) is 0 Å². The Balaban J connectivity index is 2.06. The zero-order valence-electron chi connectivity index (χ0n) is 12.1. The van der Waals surface area contributed by atoms with Crippen LogP contribution < -0.4 is 9.80 Å². The summed E-state index contributed by atoms with van der Waals surface area (Å²) < 4.78 is 0. The monoisotopic (exact) mass is 296 g/mol. The standard InChI is InChI=1S/C17H16N2O3/c1-12-15(16(20)21)19(14-10-6-3-7-11-14)17(22)18(12)13-8-4-2-5-9-13/h2-12,15H,1H3,(H,20,21)/t12-,15+/m0/s1. The summed E-state index contributed by atoms with van der Waals surface area (Å²) in [7, 11) is 0. The Labute approximate surface area is 128 Å². The molecule has 1 aliphatic rings. The number of hydrogen-bond donors (Lipinski definition) is 1. The second-order valence-electron chi connectivity index (χ2n) is 5.22. The number of anilines is 2. The van der Waals surface area contributed by atoms with Gasteiger partial charge in [-0.15, -0.1) is 0 Å². The fraction of sp³-hybridized carbons (Fsp3) is 0.176. The summed E-state index contributed by atoms with van der Waals surface area (Å²) in [5.41, 5.74) is 1.29. The number of benzene rings is 2. The van der Waals surface area contributed by atoms with Crippen LogP contribution in [0.4, 0.5) is 16.2 Å². The fourth-order valence-electron chi connectivity index (χ4n) is 2.88. The molecule has 2 aromatic rings. The summed E-state index contributed by atoms with van der Waals surface area (Å²) in [5, 5.41) is 9.58. The highest BCUT2D eigenvalue weighted by Gasteiger charge is 2.48. The lowest BCUT2D eigenvalue weighted by atomic mass is 10.1. The van der Waals surface area contributed by atoms with Crippen LogP contribution in [0.1, 0.15) is 6.92 Å². The lowest BCUT2D eigenvalue weighted by molar-refractivity contribution is -0.138. The van der Waals surface area contributed by atoms with Crippen molar-refractivity contribution in [1.29, 1.82) is 0 Å². The summed E-state index contributed by atoms with van der Waals surface area (Å²) in [4.78, 5) is 27.4. The van der Waals surface area contributed by atoms with Gasteiger partial charge in [-0.2, -0.15) is 0 Å². The molecule has 0 unspecified atom stereocenters. The van der Waals surface area contributed by atoms with Gasteiger partial charge in [0.15, 0.2) is 6.04 Å². The molecular formula is C17H16N2O3. The number of carboxylic acids is 1. The molecule has 3 rings (SSSR count). The predicted octanol–water partition coefficient (Wildman–Crippen LogP) is 2.97. The zero-order valence-corrected chi connectivity index (χ0v) is 12.1. The number of urea groups is 1. The van der Waals surface area contributed by atoms with Crippen molar-refractivity contribution in [2.75, 3.05) is 9.80 Å². The van der Waals surface area contributed by atoms with Gasteiger partial charge in [-0.3, -0.25) is 9.80 Å². The molecule has 1 N–H and O–H groups in total. The van der Waals surface area contributed by atoms with E-state index in [4.69, 9.17) is 0 Å². The van der Waals surface area contributed by atoms with Crippen LogP contribution in [0.15, 0.2) is 60.7 Å². The quantitative estimate of drug-likeness (QED) is 0.947. The number of para-hydroxylation sites is 2. The van der Waals surface area contributed by atoms with E-state index in [0.29, 0.717) is 11.4 Å². The molecule has 22 heavy (non-hydrogen) atoms. The van der Waals surface area contributed by atoms with Crippen molar-refractivity contribution in [3.8, 4) is 0 Å². The number of aliphatic carboxylic acids is 1. The van der Waals surface area contributed by atoms with E-state index in [9.17, 15) is 14.7 Å². The Bertz CT molecular complexity index is 688. The van der Waals surface area contributed by atoms with E-state index in [1.807, 2.05) is 36.4 Å². The molecule has 0 aliphatic carbocycles. The van der Waals surface area contributed by atoms with Gasteiger partial charge in [0.1, 0.15) is 0 Å². The highest BCUT2D eigenvalue weighted by atomic mass is 16.4. The summed E-state index contributed by atoms with van der Waals surface area (Å²) in [6.07, 6.45) is 0. The molecule has 5 heteroatoms. The first-order valence-corrected chi connectivity index (χ1v) is 7.06. The van der Waals surface area contributed by atoms with Gasteiger partial charge < -0.3 is 5.11 Å². The van der Waals surface area contributed by atoms with Crippen LogP contribution in [-0.4, -0.2) is 29.2 Å². The molecule has 0 aromatic heterocycles. The summed E-state index contributed by atoms with van der Waals surface area (Å²) in [6.45, 7) is 1.76. The van der Waals surface area contributed by atoms with E-state index < -0.39 is 18.1 Å². The molecular weight excluding hydrogens is 280 g/mol. The number of hydrogen-bond acceptors (Lipinski definition) is 2. The van der Waals surface area contributed by atoms with E-state index in [1.165, 1.54) is 9.80 Å². The van der Waals surface area contributed by atoms with Crippen LogP contribution in [-0.2, 0) is 4.79 Å². The summed E-state index contributed by atoms with van der Waals surface area (Å²) in [5.74, 6) is -1.01. The molecule has 0 radical (unpaired) electrons. The van der Waals surface area contributed by atoms with Crippen molar-refractivity contribution in [2.45, 2.75) is 19.0 Å². The third-order valence-corrected chi connectivity index (χ3v) is 3.88. The average Bonchev–Trinajstić information content (AvgIpc) is 2.80. The minimum absolute atomic E-state index is 0.322. The molecule has 1 heterocycles. The normalized spacial score (nSPS) is 21.2. The minimum Gasteiger partial charge on any atom is -0.480 e. The number of nitrogens with zero attached hydrogens (tertiary/aromatic N) is 2. The molecule has 2 atom stereocenters. The molecule has 2 aromatic carbocycles. The van der Waals surface area contributed by atoms with Gasteiger partial charge in [-0.05, 0) is 31.2 Å². The number of carbonyl (C=O) groups is 2. The predicted molar refractivity (Wildman–Crippen MR) is 84.1 cm³/mol. The van der Waals surface area contributed by atoms with Crippen molar-refractivity contribution in [1.82, 2.24) is 0 Å². The number of carbonyl (C=O) groups excluding carboxylic acids is 1. The maximum atomic E-state index is 12.8. The maximum absolute atomic E-state index is 12.8. The van der Waals surface area contributed by atoms with E-state index in [1.54, 1.807) is 31.2 Å². The second kappa shape index (κ2) is 5.52. The van der Waals surface area contributed by atoms with E-state index in [-0.39, 0.29) is 6.03 Å². The average molecular weight is 296 g/mol. The van der Waals surface area contributed by atoms with Gasteiger partial charge >= 0.3 is 12.0 Å². The van der Waals surface area contributed by atoms with Gasteiger partial charge in [0.05, 0.1) is 6.04 Å². The molecule has 0 bridgehead atoms. The number of rotatable bonds is 3. The number of carboxylic acid groups (broad SMARTS) is 1. The first-order chi connectivity index (χ1) is 10.6. The lowest BCUT2D eigenvalue weighted by Gasteiger charge is -2.21. The van der Waals surface area contributed by atoms with Crippen LogP contribution in [0, 0.1) is 0 Å². The maximum Gasteiger partial charge on any atom is 0.330 e. The van der Waals surface area contributed by atoms with Gasteiger partial charge in [-0.25, -0.2) is 9.59 Å². The molecule has 112 valence electrons. The highest BCUT2D eigenvalue weighted by Crippen LogP contribution is 2.32. The highest BCUT2D eigenvalue weighted by molar-refractivity contribution is 6.11. The SMILES string of the molecule is C[C@H]1[C@H](C(=O)O)N(c2ccccc2)C(=O)N1c1ccccc1. The van der Waals surface area contributed by atoms with E-state index >= 15 is 0 Å². The van der Waals surface area contributed by atoms with Crippen LogP contribution in [0.2, 0.25) is 0 Å². The van der Waals surface area contributed by atoms with Crippen LogP contribution in [0.5, 0.6) is 0 Å². The molecule has 5 nitrogen and oxygen atoms in total. The van der Waals surface area contributed by atoms with Gasteiger partial charge in [0.2, 0.25) is 0 Å². The van der Waals surface area contributed by atoms with Gasteiger partial charge in [0.25, 0.3) is 0 Å². The molecule has 1 saturated heterocycles. The van der Waals surface area contributed by atoms with Crippen LogP contribution in [0.3, 0.4) is 0 Å². The van der Waals surface area contributed by atoms with E-state index in [0.717, 1.165) is 0 Å². The zero-order chi connectivity index (χ0) is 15.7. The molecule has 0 saturated carbocycles. The largest absolute Gasteiger partial charge is 0.480 e. The molecule has 0 spiro atoms. The summed E-state index contributed by atoms with van der Waals surface area (Å²) >= 11 is 0. The second-order valence-corrected chi connectivity index (χ2v) is 5.22. The molecule has 1 aliphatic heterocycles. The molecule has 2 amide bonds. The third-order valence-electron chi connectivity index (χ3n) is 3.88.